The maximum atomic E-state index is 11.2. The summed E-state index contributed by atoms with van der Waals surface area (Å²) in [6, 6.07) is 6.99. The number of benzene rings is 1. The highest BCUT2D eigenvalue weighted by molar-refractivity contribution is 7.91. The molecule has 1 rings (SSSR count). The van der Waals surface area contributed by atoms with Crippen molar-refractivity contribution in [2.75, 3.05) is 6.26 Å². The molecule has 3 nitrogen and oxygen atoms in total. The Morgan fingerprint density at radius 1 is 1.31 bits per heavy atom. The van der Waals surface area contributed by atoms with Crippen molar-refractivity contribution in [3.05, 3.63) is 34.9 Å². The second kappa shape index (κ2) is 5.17. The first-order chi connectivity index (χ1) is 7.30. The molecule has 0 radical (unpaired) electrons. The summed E-state index contributed by atoms with van der Waals surface area (Å²) in [5.41, 5.74) is 0.868. The minimum absolute atomic E-state index is 0.311. The number of aliphatic hydroxyl groups is 1. The maximum absolute atomic E-state index is 11.2. The maximum Gasteiger partial charge on any atom is 0.152 e. The molecule has 2 atom stereocenters. The molecule has 0 bridgehead atoms. The van der Waals surface area contributed by atoms with Crippen LogP contribution in [0.25, 0.3) is 0 Å². The van der Waals surface area contributed by atoms with E-state index < -0.39 is 21.2 Å². The quantitative estimate of drug-likeness (QED) is 0.898. The first kappa shape index (κ1) is 13.5. The Balaban J connectivity index is 2.71. The Hall–Kier alpha value is -0.580. The molecule has 2 unspecified atom stereocenters. The molecule has 5 heteroatoms. The monoisotopic (exact) mass is 262 g/mol. The molecule has 16 heavy (non-hydrogen) atoms. The summed E-state index contributed by atoms with van der Waals surface area (Å²) in [5, 5.41) is 9.62. The van der Waals surface area contributed by atoms with E-state index >= 15 is 0 Å². The smallest absolute Gasteiger partial charge is 0.152 e. The normalized spacial score (nSPS) is 15.8. The average Bonchev–Trinajstić information content (AvgIpc) is 2.19. The van der Waals surface area contributed by atoms with Crippen LogP contribution in [0.15, 0.2) is 24.3 Å². The standard InChI is InChI=1S/C11H15ClO3S/c1-8(16(2,14)15)11(13)7-9-3-5-10(12)6-4-9/h3-6,8,11,13H,7H2,1-2H3. The van der Waals surface area contributed by atoms with Gasteiger partial charge in [-0.05, 0) is 31.0 Å². The highest BCUT2D eigenvalue weighted by Gasteiger charge is 2.23. The zero-order valence-corrected chi connectivity index (χ0v) is 10.8. The molecule has 0 aliphatic heterocycles. The Kier molecular flexibility index (Phi) is 4.35. The zero-order valence-electron chi connectivity index (χ0n) is 9.22. The summed E-state index contributed by atoms with van der Waals surface area (Å²) < 4.78 is 22.5. The first-order valence-electron chi connectivity index (χ1n) is 4.92. The lowest BCUT2D eigenvalue weighted by Gasteiger charge is -2.17. The molecule has 1 N–H and O–H groups in total. The van der Waals surface area contributed by atoms with E-state index in [1.807, 2.05) is 0 Å². The number of halogens is 1. The van der Waals surface area contributed by atoms with E-state index in [0.717, 1.165) is 11.8 Å². The van der Waals surface area contributed by atoms with Crippen LogP contribution in [0.2, 0.25) is 5.02 Å². The van der Waals surface area contributed by atoms with Crippen molar-refractivity contribution >= 4 is 21.4 Å². The molecule has 0 aromatic heterocycles. The Bertz CT molecular complexity index is 439. The molecule has 1 aromatic rings. The number of aliphatic hydroxyl groups excluding tert-OH is 1. The van der Waals surface area contributed by atoms with Crippen molar-refractivity contribution in [2.24, 2.45) is 0 Å². The van der Waals surface area contributed by atoms with E-state index in [-0.39, 0.29) is 0 Å². The Labute approximate surface area is 101 Å². The van der Waals surface area contributed by atoms with Crippen molar-refractivity contribution in [3.63, 3.8) is 0 Å². The summed E-state index contributed by atoms with van der Waals surface area (Å²) in [7, 11) is -3.21. The van der Waals surface area contributed by atoms with Crippen molar-refractivity contribution in [3.8, 4) is 0 Å². The fourth-order valence-electron chi connectivity index (χ4n) is 1.31. The lowest BCUT2D eigenvalue weighted by Crippen LogP contribution is -2.32. The largest absolute Gasteiger partial charge is 0.391 e. The van der Waals surface area contributed by atoms with Gasteiger partial charge in [0.1, 0.15) is 0 Å². The van der Waals surface area contributed by atoms with E-state index in [9.17, 15) is 13.5 Å². The topological polar surface area (TPSA) is 54.4 Å². The fourth-order valence-corrected chi connectivity index (χ4v) is 2.11. The van der Waals surface area contributed by atoms with Crippen molar-refractivity contribution in [1.29, 1.82) is 0 Å². The number of rotatable bonds is 4. The van der Waals surface area contributed by atoms with E-state index in [4.69, 9.17) is 11.6 Å². The third kappa shape index (κ3) is 3.77. The summed E-state index contributed by atoms with van der Waals surface area (Å²) in [5.74, 6) is 0. The van der Waals surface area contributed by atoms with Gasteiger partial charge >= 0.3 is 0 Å². The molecular weight excluding hydrogens is 248 g/mol. The van der Waals surface area contributed by atoms with Gasteiger partial charge in [-0.15, -0.1) is 0 Å². The van der Waals surface area contributed by atoms with Gasteiger partial charge in [0.2, 0.25) is 0 Å². The lowest BCUT2D eigenvalue weighted by molar-refractivity contribution is 0.173. The number of hydrogen-bond donors (Lipinski definition) is 1. The minimum Gasteiger partial charge on any atom is -0.391 e. The molecule has 0 aliphatic rings. The molecule has 0 aliphatic carbocycles. The number of hydrogen-bond acceptors (Lipinski definition) is 3. The van der Waals surface area contributed by atoms with Crippen LogP contribution >= 0.6 is 11.6 Å². The predicted molar refractivity (Wildman–Crippen MR) is 65.5 cm³/mol. The van der Waals surface area contributed by atoms with Crippen LogP contribution in [-0.2, 0) is 16.3 Å². The molecule has 90 valence electrons. The second-order valence-corrected chi connectivity index (χ2v) is 6.77. The first-order valence-corrected chi connectivity index (χ1v) is 7.25. The summed E-state index contributed by atoms with van der Waals surface area (Å²) in [6.45, 7) is 1.51. The molecule has 0 spiro atoms. The molecule has 1 aromatic carbocycles. The molecule has 0 heterocycles. The third-order valence-corrected chi connectivity index (χ3v) is 4.49. The predicted octanol–water partition coefficient (Wildman–Crippen LogP) is 1.68. The van der Waals surface area contributed by atoms with E-state index in [1.54, 1.807) is 24.3 Å². The summed E-state index contributed by atoms with van der Waals surface area (Å²) >= 11 is 5.72. The second-order valence-electron chi connectivity index (χ2n) is 3.93. The molecule has 0 fully saturated rings. The molecule has 0 saturated heterocycles. The van der Waals surface area contributed by atoms with Gasteiger partial charge in [0.15, 0.2) is 9.84 Å². The van der Waals surface area contributed by atoms with Gasteiger partial charge in [0, 0.05) is 11.3 Å². The average molecular weight is 263 g/mol. The summed E-state index contributed by atoms with van der Waals surface area (Å²) in [4.78, 5) is 0. The van der Waals surface area contributed by atoms with Crippen LogP contribution in [0.1, 0.15) is 12.5 Å². The number of sulfone groups is 1. The van der Waals surface area contributed by atoms with Gasteiger partial charge in [-0.3, -0.25) is 0 Å². The van der Waals surface area contributed by atoms with Gasteiger partial charge in [-0.2, -0.15) is 0 Å². The van der Waals surface area contributed by atoms with Crippen LogP contribution in [0.3, 0.4) is 0 Å². The Morgan fingerprint density at radius 2 is 1.81 bits per heavy atom. The Morgan fingerprint density at radius 3 is 2.25 bits per heavy atom. The van der Waals surface area contributed by atoms with Crippen LogP contribution in [0.4, 0.5) is 0 Å². The highest BCUT2D eigenvalue weighted by atomic mass is 35.5. The minimum atomic E-state index is -3.21. The van der Waals surface area contributed by atoms with Crippen LogP contribution in [0.5, 0.6) is 0 Å². The SMILES string of the molecule is CC(C(O)Cc1ccc(Cl)cc1)S(C)(=O)=O. The van der Waals surface area contributed by atoms with Gasteiger partial charge in [-0.1, -0.05) is 23.7 Å². The lowest BCUT2D eigenvalue weighted by atomic mass is 10.1. The van der Waals surface area contributed by atoms with Crippen LogP contribution < -0.4 is 0 Å². The van der Waals surface area contributed by atoms with Crippen LogP contribution in [-0.4, -0.2) is 31.1 Å². The van der Waals surface area contributed by atoms with Crippen molar-refractivity contribution in [2.45, 2.75) is 24.7 Å². The molecular formula is C11H15ClO3S. The van der Waals surface area contributed by atoms with Gasteiger partial charge in [0.05, 0.1) is 11.4 Å². The van der Waals surface area contributed by atoms with E-state index in [1.165, 1.54) is 6.92 Å². The van der Waals surface area contributed by atoms with Crippen molar-refractivity contribution < 1.29 is 13.5 Å². The van der Waals surface area contributed by atoms with Crippen molar-refractivity contribution in [1.82, 2.24) is 0 Å². The van der Waals surface area contributed by atoms with Gasteiger partial charge in [0.25, 0.3) is 0 Å². The van der Waals surface area contributed by atoms with Gasteiger partial charge in [-0.25, -0.2) is 8.42 Å². The summed E-state index contributed by atoms with van der Waals surface area (Å²) in [6.07, 6.45) is 0.546. The molecule has 0 amide bonds. The zero-order chi connectivity index (χ0) is 12.3. The van der Waals surface area contributed by atoms with E-state index in [2.05, 4.69) is 0 Å². The van der Waals surface area contributed by atoms with Crippen LogP contribution in [0, 0.1) is 0 Å². The van der Waals surface area contributed by atoms with E-state index in [0.29, 0.717) is 11.4 Å². The highest BCUT2D eigenvalue weighted by Crippen LogP contribution is 2.14. The van der Waals surface area contributed by atoms with Gasteiger partial charge < -0.3 is 5.11 Å². The third-order valence-electron chi connectivity index (χ3n) is 2.58. The fraction of sp³-hybridized carbons (Fsp3) is 0.455. The molecule has 0 saturated carbocycles.